The van der Waals surface area contributed by atoms with Gasteiger partial charge in [0.25, 0.3) is 0 Å². The number of fused-ring (bicyclic) bond motifs is 1. The molecule has 100 valence electrons. The van der Waals surface area contributed by atoms with Gasteiger partial charge in [0.2, 0.25) is 0 Å². The lowest BCUT2D eigenvalue weighted by Crippen LogP contribution is -2.03. The number of allylic oxidation sites excluding steroid dienone is 1. The second kappa shape index (κ2) is 5.19. The van der Waals surface area contributed by atoms with Crippen LogP contribution in [0.4, 0.5) is 0 Å². The lowest BCUT2D eigenvalue weighted by atomic mass is 9.98. The molecule has 2 nitrogen and oxygen atoms in total. The molecule has 0 amide bonds. The molecule has 0 unspecified atom stereocenters. The van der Waals surface area contributed by atoms with Crippen LogP contribution in [0, 0.1) is 0 Å². The van der Waals surface area contributed by atoms with Crippen LogP contribution in [-0.2, 0) is 6.42 Å². The summed E-state index contributed by atoms with van der Waals surface area (Å²) >= 11 is 6.83. The van der Waals surface area contributed by atoms with Gasteiger partial charge in [-0.05, 0) is 35.3 Å². The molecule has 0 fully saturated rings. The van der Waals surface area contributed by atoms with Crippen LogP contribution in [0.3, 0.4) is 0 Å². The molecule has 0 bridgehead atoms. The number of hydrogen-bond acceptors (Lipinski definition) is 1. The summed E-state index contributed by atoms with van der Waals surface area (Å²) in [4.78, 5) is 11.5. The lowest BCUT2D eigenvalue weighted by Gasteiger charge is -2.11. The Morgan fingerprint density at radius 2 is 1.90 bits per heavy atom. The van der Waals surface area contributed by atoms with E-state index in [2.05, 4.69) is 50.1 Å². The fourth-order valence-corrected chi connectivity index (χ4v) is 3.99. The number of hydrogen-bond donors (Lipinski definition) is 1. The first-order valence-corrected chi connectivity index (χ1v) is 7.66. The quantitative estimate of drug-likeness (QED) is 0.778. The van der Waals surface area contributed by atoms with E-state index in [0.29, 0.717) is 5.56 Å². The van der Waals surface area contributed by atoms with Gasteiger partial charge in [0.05, 0.1) is 5.56 Å². The number of carboxylic acid groups (broad SMARTS) is 1. The SMILES string of the molecule is O=C(O)c1cc(Br)cc(Br)c1C1=Cc2ccccc2C1. The van der Waals surface area contributed by atoms with E-state index in [1.54, 1.807) is 6.07 Å². The third-order valence-electron chi connectivity index (χ3n) is 3.37. The van der Waals surface area contributed by atoms with Gasteiger partial charge >= 0.3 is 5.97 Å². The van der Waals surface area contributed by atoms with Gasteiger partial charge < -0.3 is 5.11 Å². The Bertz CT molecular complexity index is 748. The highest BCUT2D eigenvalue weighted by Gasteiger charge is 2.21. The number of benzene rings is 2. The standard InChI is InChI=1S/C16H10Br2O2/c17-12-7-13(16(19)20)15(14(18)8-12)11-5-9-3-1-2-4-10(9)6-11/h1-5,7-8H,6H2,(H,19,20). The number of carboxylic acids is 1. The van der Waals surface area contributed by atoms with Crippen LogP contribution in [0.5, 0.6) is 0 Å². The highest BCUT2D eigenvalue weighted by molar-refractivity contribution is 9.11. The van der Waals surface area contributed by atoms with Crippen LogP contribution in [0.2, 0.25) is 0 Å². The van der Waals surface area contributed by atoms with Crippen molar-refractivity contribution in [1.29, 1.82) is 0 Å². The molecule has 0 radical (unpaired) electrons. The Kier molecular flexibility index (Phi) is 3.52. The Balaban J connectivity index is 2.16. The van der Waals surface area contributed by atoms with E-state index in [1.165, 1.54) is 5.56 Å². The molecule has 1 N–H and O–H groups in total. The van der Waals surface area contributed by atoms with Crippen molar-refractivity contribution in [3.8, 4) is 0 Å². The van der Waals surface area contributed by atoms with Crippen LogP contribution >= 0.6 is 31.9 Å². The first-order valence-electron chi connectivity index (χ1n) is 6.07. The normalized spacial score (nSPS) is 13.0. The zero-order chi connectivity index (χ0) is 14.3. The highest BCUT2D eigenvalue weighted by atomic mass is 79.9. The van der Waals surface area contributed by atoms with Gasteiger partial charge in [0.15, 0.2) is 0 Å². The summed E-state index contributed by atoms with van der Waals surface area (Å²) in [6.45, 7) is 0. The number of halogens is 2. The van der Waals surface area contributed by atoms with Crippen LogP contribution in [-0.4, -0.2) is 11.1 Å². The molecule has 0 saturated carbocycles. The van der Waals surface area contributed by atoms with Gasteiger partial charge in [-0.25, -0.2) is 4.79 Å². The van der Waals surface area contributed by atoms with Gasteiger partial charge in [-0.2, -0.15) is 0 Å². The Morgan fingerprint density at radius 1 is 1.15 bits per heavy atom. The molecule has 1 aliphatic carbocycles. The Morgan fingerprint density at radius 3 is 2.60 bits per heavy atom. The van der Waals surface area contributed by atoms with E-state index < -0.39 is 5.97 Å². The molecule has 0 atom stereocenters. The molecular weight excluding hydrogens is 384 g/mol. The van der Waals surface area contributed by atoms with Crippen molar-refractivity contribution in [3.05, 3.63) is 67.6 Å². The summed E-state index contributed by atoms with van der Waals surface area (Å²) in [7, 11) is 0. The number of aromatic carboxylic acids is 1. The molecule has 0 aromatic heterocycles. The zero-order valence-corrected chi connectivity index (χ0v) is 13.5. The molecule has 0 aliphatic heterocycles. The summed E-state index contributed by atoms with van der Waals surface area (Å²) in [5.41, 5.74) is 4.49. The summed E-state index contributed by atoms with van der Waals surface area (Å²) < 4.78 is 1.55. The van der Waals surface area contributed by atoms with E-state index in [0.717, 1.165) is 32.1 Å². The average molecular weight is 394 g/mol. The maximum absolute atomic E-state index is 11.5. The van der Waals surface area contributed by atoms with E-state index in [9.17, 15) is 9.90 Å². The maximum atomic E-state index is 11.5. The minimum Gasteiger partial charge on any atom is -0.478 e. The third-order valence-corrected chi connectivity index (χ3v) is 4.46. The molecule has 0 heterocycles. The van der Waals surface area contributed by atoms with E-state index in [4.69, 9.17) is 0 Å². The predicted molar refractivity (Wildman–Crippen MR) is 86.8 cm³/mol. The fraction of sp³-hybridized carbons (Fsp3) is 0.0625. The first kappa shape index (κ1) is 13.6. The van der Waals surface area contributed by atoms with Crippen LogP contribution in [0.1, 0.15) is 27.0 Å². The van der Waals surface area contributed by atoms with Crippen molar-refractivity contribution in [3.63, 3.8) is 0 Å². The Hall–Kier alpha value is -1.39. The van der Waals surface area contributed by atoms with E-state index in [-0.39, 0.29) is 0 Å². The number of carbonyl (C=O) groups is 1. The molecule has 20 heavy (non-hydrogen) atoms. The topological polar surface area (TPSA) is 37.3 Å². The Labute approximate surface area is 133 Å². The summed E-state index contributed by atoms with van der Waals surface area (Å²) in [6, 6.07) is 11.6. The van der Waals surface area contributed by atoms with Crippen molar-refractivity contribution in [2.45, 2.75) is 6.42 Å². The van der Waals surface area contributed by atoms with E-state index >= 15 is 0 Å². The minimum absolute atomic E-state index is 0.310. The summed E-state index contributed by atoms with van der Waals surface area (Å²) in [5, 5.41) is 9.42. The highest BCUT2D eigenvalue weighted by Crippen LogP contribution is 2.38. The maximum Gasteiger partial charge on any atom is 0.336 e. The lowest BCUT2D eigenvalue weighted by molar-refractivity contribution is 0.0696. The molecule has 1 aliphatic rings. The molecule has 3 rings (SSSR count). The van der Waals surface area contributed by atoms with Gasteiger partial charge in [-0.1, -0.05) is 62.2 Å². The van der Waals surface area contributed by atoms with Gasteiger partial charge in [-0.3, -0.25) is 0 Å². The van der Waals surface area contributed by atoms with Crippen LogP contribution in [0.15, 0.2) is 45.3 Å². The predicted octanol–water partition coefficient (Wildman–Crippen LogP) is 5.01. The van der Waals surface area contributed by atoms with Crippen molar-refractivity contribution in [2.75, 3.05) is 0 Å². The van der Waals surface area contributed by atoms with Crippen molar-refractivity contribution in [1.82, 2.24) is 0 Å². The second-order valence-electron chi connectivity index (χ2n) is 4.66. The molecular formula is C16H10Br2O2. The molecule has 4 heteroatoms. The molecule has 0 saturated heterocycles. The molecule has 2 aromatic rings. The largest absolute Gasteiger partial charge is 0.478 e. The van der Waals surface area contributed by atoms with Crippen LogP contribution < -0.4 is 0 Å². The number of rotatable bonds is 2. The van der Waals surface area contributed by atoms with Crippen molar-refractivity contribution < 1.29 is 9.90 Å². The fourth-order valence-electron chi connectivity index (χ4n) is 2.51. The smallest absolute Gasteiger partial charge is 0.336 e. The minimum atomic E-state index is -0.918. The second-order valence-corrected chi connectivity index (χ2v) is 6.43. The third kappa shape index (κ3) is 2.34. The van der Waals surface area contributed by atoms with Crippen LogP contribution in [0.25, 0.3) is 11.6 Å². The van der Waals surface area contributed by atoms with Gasteiger partial charge in [0.1, 0.15) is 0 Å². The zero-order valence-electron chi connectivity index (χ0n) is 10.4. The average Bonchev–Trinajstić information content (AvgIpc) is 2.80. The molecule has 2 aromatic carbocycles. The molecule has 0 spiro atoms. The monoisotopic (exact) mass is 392 g/mol. The van der Waals surface area contributed by atoms with Gasteiger partial charge in [0, 0.05) is 14.5 Å². The summed E-state index contributed by atoms with van der Waals surface area (Å²) in [6.07, 6.45) is 2.83. The first-order chi connectivity index (χ1) is 9.56. The summed E-state index contributed by atoms with van der Waals surface area (Å²) in [5.74, 6) is -0.918. The van der Waals surface area contributed by atoms with Gasteiger partial charge in [-0.15, -0.1) is 0 Å². The van der Waals surface area contributed by atoms with E-state index in [1.807, 2.05) is 18.2 Å². The van der Waals surface area contributed by atoms with Crippen molar-refractivity contribution in [2.24, 2.45) is 0 Å². The van der Waals surface area contributed by atoms with Crippen molar-refractivity contribution >= 4 is 49.5 Å².